The fourth-order valence-corrected chi connectivity index (χ4v) is 3.32. The second kappa shape index (κ2) is 6.11. The molecule has 0 saturated carbocycles. The Hall–Kier alpha value is -3.48. The molecule has 130 valence electrons. The van der Waals surface area contributed by atoms with Crippen molar-refractivity contribution in [2.75, 3.05) is 11.4 Å². The smallest absolute Gasteiger partial charge is 0.261 e. The van der Waals surface area contributed by atoms with Crippen molar-refractivity contribution in [3.63, 3.8) is 0 Å². The molecule has 1 atom stereocenters. The van der Waals surface area contributed by atoms with Crippen molar-refractivity contribution in [2.24, 2.45) is 5.73 Å². The maximum atomic E-state index is 13.1. The zero-order valence-electron chi connectivity index (χ0n) is 14.2. The Labute approximate surface area is 150 Å². The quantitative estimate of drug-likeness (QED) is 0.782. The van der Waals surface area contributed by atoms with Gasteiger partial charge in [0.15, 0.2) is 5.82 Å². The van der Waals surface area contributed by atoms with Crippen LogP contribution in [0.25, 0.3) is 5.82 Å². The van der Waals surface area contributed by atoms with Crippen LogP contribution in [0, 0.1) is 6.92 Å². The van der Waals surface area contributed by atoms with Crippen LogP contribution in [-0.4, -0.2) is 33.1 Å². The molecule has 2 amide bonds. The van der Waals surface area contributed by atoms with Crippen LogP contribution in [0.2, 0.25) is 0 Å². The van der Waals surface area contributed by atoms with Crippen molar-refractivity contribution < 1.29 is 9.59 Å². The molecular weight excluding hydrogens is 330 g/mol. The van der Waals surface area contributed by atoms with Crippen molar-refractivity contribution in [1.82, 2.24) is 14.8 Å². The molecule has 1 unspecified atom stereocenters. The Morgan fingerprint density at radius 3 is 2.65 bits per heavy atom. The molecular formula is C19H17N5O2. The minimum atomic E-state index is -0.499. The molecule has 4 rings (SSSR count). The number of pyridine rings is 1. The monoisotopic (exact) mass is 347 g/mol. The normalized spacial score (nSPS) is 15.7. The summed E-state index contributed by atoms with van der Waals surface area (Å²) in [5, 5.41) is 4.30. The number of carbonyl (C=O) groups is 2. The van der Waals surface area contributed by atoms with E-state index in [-0.39, 0.29) is 12.5 Å². The number of carbonyl (C=O) groups excluding carboxylic acids is 2. The first-order valence-electron chi connectivity index (χ1n) is 8.24. The van der Waals surface area contributed by atoms with E-state index in [1.807, 2.05) is 49.4 Å². The van der Waals surface area contributed by atoms with Crippen molar-refractivity contribution in [3.8, 4) is 5.82 Å². The number of fused-ring (bicyclic) bond motifs is 1. The first-order chi connectivity index (χ1) is 12.6. The molecule has 0 fully saturated rings. The molecule has 3 aromatic rings. The van der Waals surface area contributed by atoms with Crippen LogP contribution in [0.1, 0.15) is 27.5 Å². The molecule has 0 saturated heterocycles. The molecule has 7 nitrogen and oxygen atoms in total. The third-order valence-electron chi connectivity index (χ3n) is 4.66. The fourth-order valence-electron chi connectivity index (χ4n) is 3.32. The van der Waals surface area contributed by atoms with Crippen molar-refractivity contribution in [1.29, 1.82) is 0 Å². The van der Waals surface area contributed by atoms with E-state index >= 15 is 0 Å². The van der Waals surface area contributed by atoms with Crippen LogP contribution in [0.15, 0.2) is 54.9 Å². The van der Waals surface area contributed by atoms with E-state index in [9.17, 15) is 9.59 Å². The lowest BCUT2D eigenvalue weighted by molar-refractivity contribution is -0.119. The topological polar surface area (TPSA) is 94.1 Å². The van der Waals surface area contributed by atoms with Crippen LogP contribution in [0.4, 0.5) is 5.69 Å². The van der Waals surface area contributed by atoms with Gasteiger partial charge in [-0.1, -0.05) is 24.3 Å². The maximum Gasteiger partial charge on any atom is 0.261 e. The average molecular weight is 347 g/mol. The number of anilines is 1. The molecule has 0 radical (unpaired) electrons. The predicted molar refractivity (Wildman–Crippen MR) is 96.1 cm³/mol. The Morgan fingerprint density at radius 2 is 1.92 bits per heavy atom. The summed E-state index contributed by atoms with van der Waals surface area (Å²) < 4.78 is 1.63. The number of benzene rings is 1. The summed E-state index contributed by atoms with van der Waals surface area (Å²) in [5.41, 5.74) is 8.17. The number of nitrogens with two attached hydrogens (primary N) is 1. The maximum absolute atomic E-state index is 13.1. The Bertz CT molecular complexity index is 996. The van der Waals surface area contributed by atoms with Gasteiger partial charge in [0.05, 0.1) is 23.4 Å². The number of para-hydroxylation sites is 1. The summed E-state index contributed by atoms with van der Waals surface area (Å²) >= 11 is 0. The van der Waals surface area contributed by atoms with E-state index in [2.05, 4.69) is 10.1 Å². The predicted octanol–water partition coefficient (Wildman–Crippen LogP) is 1.81. The SMILES string of the molecule is Cc1c(C(=O)N2CC(C(N)=O)c3ccccc32)cnn1-c1ccccn1. The molecule has 1 aromatic carbocycles. The summed E-state index contributed by atoms with van der Waals surface area (Å²) in [7, 11) is 0. The van der Waals surface area contributed by atoms with Gasteiger partial charge in [-0.05, 0) is 30.7 Å². The summed E-state index contributed by atoms with van der Waals surface area (Å²) in [6, 6.07) is 12.8. The van der Waals surface area contributed by atoms with Gasteiger partial charge >= 0.3 is 0 Å². The van der Waals surface area contributed by atoms with E-state index in [1.54, 1.807) is 15.8 Å². The Kier molecular flexibility index (Phi) is 3.76. The minimum absolute atomic E-state index is 0.208. The number of hydrogen-bond donors (Lipinski definition) is 1. The van der Waals surface area contributed by atoms with Gasteiger partial charge in [-0.15, -0.1) is 0 Å². The third kappa shape index (κ3) is 2.45. The molecule has 0 bridgehead atoms. The highest BCUT2D eigenvalue weighted by Crippen LogP contribution is 2.37. The van der Waals surface area contributed by atoms with Crippen LogP contribution >= 0.6 is 0 Å². The Morgan fingerprint density at radius 1 is 1.15 bits per heavy atom. The van der Waals surface area contributed by atoms with E-state index < -0.39 is 11.8 Å². The number of hydrogen-bond acceptors (Lipinski definition) is 4. The van der Waals surface area contributed by atoms with Crippen molar-refractivity contribution >= 4 is 17.5 Å². The van der Waals surface area contributed by atoms with E-state index in [0.29, 0.717) is 22.8 Å². The van der Waals surface area contributed by atoms with Crippen LogP contribution in [0.5, 0.6) is 0 Å². The van der Waals surface area contributed by atoms with E-state index in [4.69, 9.17) is 5.73 Å². The van der Waals surface area contributed by atoms with Crippen molar-refractivity contribution in [3.05, 3.63) is 71.7 Å². The molecule has 1 aliphatic heterocycles. The summed E-state index contributed by atoms with van der Waals surface area (Å²) in [6.45, 7) is 2.06. The van der Waals surface area contributed by atoms with Gasteiger partial charge in [0, 0.05) is 18.4 Å². The van der Waals surface area contributed by atoms with Gasteiger partial charge in [-0.3, -0.25) is 9.59 Å². The van der Waals surface area contributed by atoms with Gasteiger partial charge in [0.1, 0.15) is 0 Å². The molecule has 0 aliphatic carbocycles. The Balaban J connectivity index is 1.72. The zero-order valence-corrected chi connectivity index (χ0v) is 14.2. The van der Waals surface area contributed by atoms with Gasteiger partial charge in [0.25, 0.3) is 5.91 Å². The third-order valence-corrected chi connectivity index (χ3v) is 4.66. The molecule has 1 aliphatic rings. The lowest BCUT2D eigenvalue weighted by Gasteiger charge is -2.17. The lowest BCUT2D eigenvalue weighted by Crippen LogP contribution is -2.33. The van der Waals surface area contributed by atoms with Gasteiger partial charge < -0.3 is 10.6 Å². The average Bonchev–Trinajstić information content (AvgIpc) is 3.23. The lowest BCUT2D eigenvalue weighted by atomic mass is 10.0. The fraction of sp³-hybridized carbons (Fsp3) is 0.158. The first kappa shape index (κ1) is 16.0. The molecule has 3 heterocycles. The van der Waals surface area contributed by atoms with Crippen LogP contribution in [0.3, 0.4) is 0 Å². The summed E-state index contributed by atoms with van der Waals surface area (Å²) in [6.07, 6.45) is 3.21. The van der Waals surface area contributed by atoms with Crippen LogP contribution in [-0.2, 0) is 4.79 Å². The highest BCUT2D eigenvalue weighted by Gasteiger charge is 2.36. The van der Waals surface area contributed by atoms with E-state index in [1.165, 1.54) is 6.20 Å². The zero-order chi connectivity index (χ0) is 18.3. The minimum Gasteiger partial charge on any atom is -0.369 e. The van der Waals surface area contributed by atoms with E-state index in [0.717, 1.165) is 5.56 Å². The van der Waals surface area contributed by atoms with Crippen molar-refractivity contribution in [2.45, 2.75) is 12.8 Å². The second-order valence-electron chi connectivity index (χ2n) is 6.17. The molecule has 26 heavy (non-hydrogen) atoms. The number of aromatic nitrogens is 3. The number of amides is 2. The highest BCUT2D eigenvalue weighted by molar-refractivity contribution is 6.09. The molecule has 2 aromatic heterocycles. The molecule has 0 spiro atoms. The number of primary amides is 1. The summed E-state index contributed by atoms with van der Waals surface area (Å²) in [5.74, 6) is -0.503. The first-order valence-corrected chi connectivity index (χ1v) is 8.24. The highest BCUT2D eigenvalue weighted by atomic mass is 16.2. The number of nitrogens with zero attached hydrogens (tertiary/aromatic N) is 4. The second-order valence-corrected chi connectivity index (χ2v) is 6.17. The largest absolute Gasteiger partial charge is 0.369 e. The van der Waals surface area contributed by atoms with Gasteiger partial charge in [0.2, 0.25) is 5.91 Å². The summed E-state index contributed by atoms with van der Waals surface area (Å²) in [4.78, 5) is 30.8. The van der Waals surface area contributed by atoms with Crippen LogP contribution < -0.4 is 10.6 Å². The molecule has 2 N–H and O–H groups in total. The molecule has 7 heteroatoms. The van der Waals surface area contributed by atoms with Gasteiger partial charge in [-0.25, -0.2) is 9.67 Å². The number of rotatable bonds is 3. The van der Waals surface area contributed by atoms with Gasteiger partial charge in [-0.2, -0.15) is 5.10 Å². The standard InChI is InChI=1S/C19H17N5O2/c1-12-14(10-22-24(12)17-8-4-5-9-21-17)19(26)23-11-15(18(20)25)13-6-2-3-7-16(13)23/h2-10,15H,11H2,1H3,(H2,20,25).